The Bertz CT molecular complexity index is 2460. The van der Waals surface area contributed by atoms with E-state index in [0.717, 1.165) is 0 Å². The van der Waals surface area contributed by atoms with Crippen LogP contribution in [0.4, 0.5) is 0 Å². The Hall–Kier alpha value is -6.18. The molecule has 0 fully saturated rings. The first-order valence-electron chi connectivity index (χ1n) is 20.2. The molecule has 0 nitrogen and oxygen atoms in total. The maximum Gasteiger partial charge on any atom is 0.242 e. The van der Waals surface area contributed by atoms with Crippen LogP contribution in [-0.4, -0.2) is 6.71 Å². The SMILES string of the molecule is CC.CC.Cc1ccc(-c2ccccc2)cc1.Cc1ccc(-c2ccccc2)cc1-c1cc(-c2cccc3c2-c2ccccc2B3c2ccccc2)ccc1C. The van der Waals surface area contributed by atoms with Crippen molar-refractivity contribution in [2.75, 3.05) is 0 Å². The van der Waals surface area contributed by atoms with Crippen molar-refractivity contribution in [3.8, 4) is 55.6 Å². The summed E-state index contributed by atoms with van der Waals surface area (Å²) in [5.41, 5.74) is 21.0. The van der Waals surface area contributed by atoms with Gasteiger partial charge in [0, 0.05) is 0 Å². The minimum atomic E-state index is 0.257. The zero-order valence-electron chi connectivity index (χ0n) is 34.1. The molecule has 8 aromatic carbocycles. The highest BCUT2D eigenvalue weighted by atomic mass is 14.2. The first kappa shape index (κ1) is 39.5. The van der Waals surface area contributed by atoms with Gasteiger partial charge in [-0.2, -0.15) is 0 Å². The van der Waals surface area contributed by atoms with Gasteiger partial charge in [-0.15, -0.1) is 0 Å². The lowest BCUT2D eigenvalue weighted by Crippen LogP contribution is -2.48. The molecule has 0 atom stereocenters. The fourth-order valence-electron chi connectivity index (χ4n) is 7.68. The van der Waals surface area contributed by atoms with Gasteiger partial charge in [-0.05, 0) is 99.7 Å². The maximum absolute atomic E-state index is 2.40. The smallest absolute Gasteiger partial charge is 0.0686 e. The third-order valence-corrected chi connectivity index (χ3v) is 10.4. The summed E-state index contributed by atoms with van der Waals surface area (Å²) >= 11 is 0. The first-order chi connectivity index (χ1) is 27.5. The molecule has 0 bridgehead atoms. The highest BCUT2D eigenvalue weighted by molar-refractivity contribution is 6.99. The van der Waals surface area contributed by atoms with E-state index in [9.17, 15) is 0 Å². The molecule has 0 radical (unpaired) electrons. The molecule has 56 heavy (non-hydrogen) atoms. The average Bonchev–Trinajstić information content (AvgIpc) is 3.62. The van der Waals surface area contributed by atoms with E-state index in [1.54, 1.807) is 0 Å². The summed E-state index contributed by atoms with van der Waals surface area (Å²) in [5, 5.41) is 0. The van der Waals surface area contributed by atoms with Gasteiger partial charge in [0.1, 0.15) is 0 Å². The van der Waals surface area contributed by atoms with Crippen LogP contribution in [0.15, 0.2) is 194 Å². The molecule has 1 aliphatic rings. The van der Waals surface area contributed by atoms with Gasteiger partial charge in [-0.1, -0.05) is 232 Å². The second-order valence-corrected chi connectivity index (χ2v) is 13.9. The first-order valence-corrected chi connectivity index (χ1v) is 20.2. The molecule has 276 valence electrons. The van der Waals surface area contributed by atoms with Gasteiger partial charge in [-0.3, -0.25) is 0 Å². The predicted molar refractivity (Wildman–Crippen MR) is 248 cm³/mol. The van der Waals surface area contributed by atoms with Gasteiger partial charge in [0.05, 0.1) is 0 Å². The summed E-state index contributed by atoms with van der Waals surface area (Å²) in [4.78, 5) is 0. The van der Waals surface area contributed by atoms with E-state index in [2.05, 4.69) is 209 Å². The molecule has 0 spiro atoms. The molecular formula is C55H53B. The number of fused-ring (bicyclic) bond motifs is 3. The Labute approximate surface area is 336 Å². The van der Waals surface area contributed by atoms with Crippen molar-refractivity contribution in [1.82, 2.24) is 0 Å². The van der Waals surface area contributed by atoms with Crippen molar-refractivity contribution in [1.29, 1.82) is 0 Å². The van der Waals surface area contributed by atoms with Crippen LogP contribution in [0.25, 0.3) is 55.6 Å². The predicted octanol–water partition coefficient (Wildman–Crippen LogP) is 13.5. The molecular weight excluding hydrogens is 671 g/mol. The summed E-state index contributed by atoms with van der Waals surface area (Å²) in [6, 6.07) is 70.2. The quantitative estimate of drug-likeness (QED) is 0.155. The Balaban J connectivity index is 0.000000262. The third kappa shape index (κ3) is 8.54. The molecule has 0 unspecified atom stereocenters. The van der Waals surface area contributed by atoms with E-state index in [1.165, 1.54) is 88.7 Å². The monoisotopic (exact) mass is 724 g/mol. The number of benzene rings is 8. The van der Waals surface area contributed by atoms with Gasteiger partial charge < -0.3 is 0 Å². The highest BCUT2D eigenvalue weighted by Crippen LogP contribution is 2.38. The molecule has 0 amide bonds. The minimum Gasteiger partial charge on any atom is -0.0686 e. The Kier molecular flexibility index (Phi) is 13.4. The Morgan fingerprint density at radius 2 is 0.732 bits per heavy atom. The topological polar surface area (TPSA) is 0 Å². The molecule has 9 rings (SSSR count). The van der Waals surface area contributed by atoms with Crippen LogP contribution in [0.2, 0.25) is 0 Å². The lowest BCUT2D eigenvalue weighted by Gasteiger charge is -2.16. The lowest BCUT2D eigenvalue weighted by atomic mass is 9.39. The van der Waals surface area contributed by atoms with Crippen LogP contribution < -0.4 is 16.4 Å². The fraction of sp³-hybridized carbons (Fsp3) is 0.127. The van der Waals surface area contributed by atoms with E-state index in [-0.39, 0.29) is 6.71 Å². The van der Waals surface area contributed by atoms with Crippen molar-refractivity contribution in [3.63, 3.8) is 0 Å². The summed E-state index contributed by atoms with van der Waals surface area (Å²) < 4.78 is 0. The van der Waals surface area contributed by atoms with Crippen molar-refractivity contribution >= 4 is 23.1 Å². The maximum atomic E-state index is 2.40. The number of hydrogen-bond donors (Lipinski definition) is 0. The van der Waals surface area contributed by atoms with E-state index >= 15 is 0 Å². The van der Waals surface area contributed by atoms with Crippen LogP contribution >= 0.6 is 0 Å². The van der Waals surface area contributed by atoms with Crippen molar-refractivity contribution in [2.24, 2.45) is 0 Å². The minimum absolute atomic E-state index is 0.257. The molecule has 1 heteroatoms. The molecule has 1 heterocycles. The van der Waals surface area contributed by atoms with Crippen LogP contribution in [-0.2, 0) is 0 Å². The summed E-state index contributed by atoms with van der Waals surface area (Å²) in [6.07, 6.45) is 0. The Morgan fingerprint density at radius 3 is 1.34 bits per heavy atom. The molecule has 0 saturated carbocycles. The molecule has 0 aliphatic carbocycles. The van der Waals surface area contributed by atoms with Crippen molar-refractivity contribution < 1.29 is 0 Å². The largest absolute Gasteiger partial charge is 0.242 e. The van der Waals surface area contributed by atoms with Crippen LogP contribution in [0.3, 0.4) is 0 Å². The number of aryl methyl sites for hydroxylation is 3. The van der Waals surface area contributed by atoms with Crippen LogP contribution in [0.5, 0.6) is 0 Å². The zero-order valence-corrected chi connectivity index (χ0v) is 34.1. The van der Waals surface area contributed by atoms with Crippen LogP contribution in [0.1, 0.15) is 44.4 Å². The second-order valence-electron chi connectivity index (χ2n) is 13.9. The average molecular weight is 725 g/mol. The second kappa shape index (κ2) is 18.9. The van der Waals surface area contributed by atoms with Gasteiger partial charge in [0.2, 0.25) is 6.71 Å². The highest BCUT2D eigenvalue weighted by Gasteiger charge is 2.34. The van der Waals surface area contributed by atoms with Gasteiger partial charge in [0.15, 0.2) is 0 Å². The van der Waals surface area contributed by atoms with Crippen molar-refractivity contribution in [3.05, 3.63) is 211 Å². The number of rotatable bonds is 5. The summed E-state index contributed by atoms with van der Waals surface area (Å²) in [6.45, 7) is 14.8. The summed E-state index contributed by atoms with van der Waals surface area (Å²) in [5.74, 6) is 0. The number of hydrogen-bond acceptors (Lipinski definition) is 0. The van der Waals surface area contributed by atoms with E-state index < -0.39 is 0 Å². The van der Waals surface area contributed by atoms with E-state index in [1.807, 2.05) is 33.8 Å². The van der Waals surface area contributed by atoms with Gasteiger partial charge in [-0.25, -0.2) is 0 Å². The molecule has 8 aromatic rings. The van der Waals surface area contributed by atoms with Crippen LogP contribution in [0, 0.1) is 20.8 Å². The normalized spacial score (nSPS) is 10.7. The lowest BCUT2D eigenvalue weighted by molar-refractivity contribution is 1.40. The van der Waals surface area contributed by atoms with Gasteiger partial charge in [0.25, 0.3) is 0 Å². The molecule has 0 aromatic heterocycles. The molecule has 0 N–H and O–H groups in total. The molecule has 1 aliphatic heterocycles. The van der Waals surface area contributed by atoms with E-state index in [4.69, 9.17) is 0 Å². The third-order valence-electron chi connectivity index (χ3n) is 10.4. The van der Waals surface area contributed by atoms with E-state index in [0.29, 0.717) is 0 Å². The standard InChI is InChI=1S/C38H29B.C13H12.2C2H6/c1-26-20-22-29(28-12-5-3-6-13-28)24-34(26)35-25-30(23-21-27(35)2)32-17-11-19-37-38(32)33-16-9-10-18-36(33)39(37)31-14-7-4-8-15-31;1-11-7-9-13(10-8-11)12-5-3-2-4-6-12;2*1-2/h3-25H,1-2H3;2-10H,1H3;2*1-2H3. The van der Waals surface area contributed by atoms with Crippen molar-refractivity contribution in [2.45, 2.75) is 48.5 Å². The Morgan fingerprint density at radius 1 is 0.304 bits per heavy atom. The zero-order chi connectivity index (χ0) is 39.4. The fourth-order valence-corrected chi connectivity index (χ4v) is 7.68. The summed E-state index contributed by atoms with van der Waals surface area (Å²) in [7, 11) is 0. The van der Waals surface area contributed by atoms with Gasteiger partial charge >= 0.3 is 0 Å². The molecule has 0 saturated heterocycles.